The van der Waals surface area contributed by atoms with Crippen LogP contribution in [0.3, 0.4) is 0 Å². The maximum atomic E-state index is 5.60. The first kappa shape index (κ1) is 12.1. The molecule has 6 heteroatoms. The Kier molecular flexibility index (Phi) is 3.40. The maximum Gasteiger partial charge on any atom is 0.524 e. The van der Waals surface area contributed by atoms with Gasteiger partial charge in [-0.15, -0.1) is 0 Å². The van der Waals surface area contributed by atoms with E-state index < -0.39 is 7.15 Å². The lowest BCUT2D eigenvalue weighted by Crippen LogP contribution is -2.15. The summed E-state index contributed by atoms with van der Waals surface area (Å²) in [5.74, 6) is 0.570. The molecule has 2 heterocycles. The van der Waals surface area contributed by atoms with Crippen molar-refractivity contribution in [2.45, 2.75) is 33.5 Å². The summed E-state index contributed by atoms with van der Waals surface area (Å²) >= 11 is 4.34. The van der Waals surface area contributed by atoms with Crippen molar-refractivity contribution in [3.8, 4) is 5.88 Å². The second-order valence-corrected chi connectivity index (χ2v) is 7.02. The van der Waals surface area contributed by atoms with Gasteiger partial charge in [0.25, 0.3) is 5.88 Å². The Morgan fingerprint density at radius 1 is 1.56 bits per heavy atom. The summed E-state index contributed by atoms with van der Waals surface area (Å²) in [6.07, 6.45) is 1.77. The van der Waals surface area contributed by atoms with E-state index in [1.54, 1.807) is 6.20 Å². The van der Waals surface area contributed by atoms with E-state index in [4.69, 9.17) is 13.6 Å². The highest BCUT2D eigenvalue weighted by Crippen LogP contribution is 2.69. The molecule has 0 aromatic carbocycles. The summed E-state index contributed by atoms with van der Waals surface area (Å²) < 4.78 is 16.7. The minimum absolute atomic E-state index is 0.0119. The zero-order chi connectivity index (χ0) is 11.8. The third kappa shape index (κ3) is 2.66. The minimum atomic E-state index is -2.54. The van der Waals surface area contributed by atoms with E-state index in [9.17, 15) is 0 Å². The van der Waals surface area contributed by atoms with Crippen LogP contribution in [0.2, 0.25) is 0 Å². The molecule has 1 aromatic rings. The fourth-order valence-corrected chi connectivity index (χ4v) is 3.75. The molecule has 0 radical (unpaired) electrons. The molecule has 1 unspecified atom stereocenters. The normalized spacial score (nSPS) is 24.1. The van der Waals surface area contributed by atoms with Crippen LogP contribution >= 0.6 is 19.4 Å². The molecule has 2 rings (SSSR count). The molecule has 0 spiro atoms. The molecule has 1 atom stereocenters. The van der Waals surface area contributed by atoms with E-state index in [0.717, 1.165) is 11.1 Å². The minimum Gasteiger partial charge on any atom is -0.254 e. The van der Waals surface area contributed by atoms with E-state index in [1.165, 1.54) is 0 Å². The molecule has 0 aliphatic carbocycles. The molecular weight excluding hydrogens is 245 g/mol. The van der Waals surface area contributed by atoms with Gasteiger partial charge in [-0.2, -0.15) is 9.05 Å². The Bertz CT molecular complexity index is 402. The highest BCUT2D eigenvalue weighted by Gasteiger charge is 2.49. The molecule has 1 aromatic heterocycles. The number of aryl methyl sites for hydroxylation is 1. The Balaban J connectivity index is 2.20. The lowest BCUT2D eigenvalue weighted by molar-refractivity contribution is 0.144. The molecule has 0 N–H and O–H groups in total. The van der Waals surface area contributed by atoms with Gasteiger partial charge in [0.15, 0.2) is 0 Å². The number of nitrogens with zero attached hydrogens (tertiary/aromatic N) is 1. The molecular formula is C10H15NO3PS+. The van der Waals surface area contributed by atoms with Crippen LogP contribution in [0, 0.1) is 6.92 Å². The van der Waals surface area contributed by atoms with Gasteiger partial charge in [0, 0.05) is 6.20 Å². The topological polar surface area (TPSA) is 40.6 Å². The molecule has 0 bridgehead atoms. The summed E-state index contributed by atoms with van der Waals surface area (Å²) in [6.45, 7) is 6.26. The zero-order valence-electron chi connectivity index (χ0n) is 9.51. The Morgan fingerprint density at radius 2 is 2.31 bits per heavy atom. The zero-order valence-corrected chi connectivity index (χ0v) is 11.3. The molecule has 0 saturated heterocycles. The van der Waals surface area contributed by atoms with Crippen LogP contribution in [-0.2, 0) is 15.7 Å². The average Bonchev–Trinajstić information content (AvgIpc) is 2.17. The fraction of sp³-hybridized carbons (Fsp3) is 0.500. The summed E-state index contributed by atoms with van der Waals surface area (Å²) in [5.41, 5.74) is 2.03. The van der Waals surface area contributed by atoms with Crippen molar-refractivity contribution in [3.05, 3.63) is 23.4 Å². The van der Waals surface area contributed by atoms with Crippen molar-refractivity contribution in [1.82, 2.24) is 4.98 Å². The Hall–Kier alpha value is -0.350. The van der Waals surface area contributed by atoms with Crippen LogP contribution < -0.4 is 4.52 Å². The number of fused-ring (bicyclic) bond motifs is 1. The van der Waals surface area contributed by atoms with Gasteiger partial charge < -0.3 is 0 Å². The van der Waals surface area contributed by atoms with E-state index in [0.29, 0.717) is 12.5 Å². The number of aromatic nitrogens is 1. The van der Waals surface area contributed by atoms with E-state index in [1.807, 2.05) is 26.8 Å². The monoisotopic (exact) mass is 260 g/mol. The lowest BCUT2D eigenvalue weighted by atomic mass is 10.2. The SMILES string of the molecule is Cc1cnc2c(c1)CO[P+](S)(OC(C)C)O2. The number of hydrogen-bond acceptors (Lipinski definition) is 5. The van der Waals surface area contributed by atoms with Crippen LogP contribution in [0.1, 0.15) is 25.0 Å². The van der Waals surface area contributed by atoms with Gasteiger partial charge in [0.2, 0.25) is 0 Å². The molecule has 0 amide bonds. The van der Waals surface area contributed by atoms with Gasteiger partial charge in [-0.3, -0.25) is 4.52 Å². The standard InChI is InChI=1S/C10H15NO3PS/c1-7(2)13-15(16)12-6-9-4-8(3)5-11-10(9)14-15/h4-5,7,16H,6H2,1-3H3/q+1. The number of pyridine rings is 1. The molecule has 16 heavy (non-hydrogen) atoms. The van der Waals surface area contributed by atoms with Crippen LogP contribution in [0.15, 0.2) is 12.3 Å². The average molecular weight is 260 g/mol. The predicted octanol–water partition coefficient (Wildman–Crippen LogP) is 3.33. The number of hydrogen-bond donors (Lipinski definition) is 1. The van der Waals surface area contributed by atoms with Crippen LogP contribution in [0.5, 0.6) is 5.88 Å². The van der Waals surface area contributed by atoms with Crippen LogP contribution in [0.4, 0.5) is 0 Å². The summed E-state index contributed by atoms with van der Waals surface area (Å²) in [4.78, 5) is 4.22. The van der Waals surface area contributed by atoms with Gasteiger partial charge in [-0.1, -0.05) is 0 Å². The Morgan fingerprint density at radius 3 is 3.00 bits per heavy atom. The lowest BCUT2D eigenvalue weighted by Gasteiger charge is -2.23. The highest BCUT2D eigenvalue weighted by atomic mass is 32.7. The number of rotatable bonds is 2. The quantitative estimate of drug-likeness (QED) is 0.654. The molecule has 4 nitrogen and oxygen atoms in total. The van der Waals surface area contributed by atoms with Gasteiger partial charge >= 0.3 is 7.15 Å². The second-order valence-electron chi connectivity index (χ2n) is 3.96. The van der Waals surface area contributed by atoms with Gasteiger partial charge in [0.05, 0.1) is 5.56 Å². The molecule has 0 fully saturated rings. The second kappa shape index (κ2) is 4.49. The van der Waals surface area contributed by atoms with Crippen molar-refractivity contribution in [3.63, 3.8) is 0 Å². The van der Waals surface area contributed by atoms with Crippen molar-refractivity contribution in [2.24, 2.45) is 0 Å². The first-order chi connectivity index (χ1) is 7.48. The van der Waals surface area contributed by atoms with Gasteiger partial charge in [-0.05, 0) is 32.4 Å². The predicted molar refractivity (Wildman–Crippen MR) is 66.5 cm³/mol. The van der Waals surface area contributed by atoms with Crippen molar-refractivity contribution < 1.29 is 13.6 Å². The Labute approximate surface area is 101 Å². The first-order valence-electron chi connectivity index (χ1n) is 5.08. The van der Waals surface area contributed by atoms with Crippen LogP contribution in [-0.4, -0.2) is 11.1 Å². The molecule has 0 saturated carbocycles. The smallest absolute Gasteiger partial charge is 0.254 e. The summed E-state index contributed by atoms with van der Waals surface area (Å²) in [5, 5.41) is 0. The fourth-order valence-electron chi connectivity index (χ4n) is 1.41. The molecule has 88 valence electrons. The largest absolute Gasteiger partial charge is 0.524 e. The molecule has 1 aliphatic heterocycles. The highest BCUT2D eigenvalue weighted by molar-refractivity contribution is 8.47. The van der Waals surface area contributed by atoms with Crippen molar-refractivity contribution in [2.75, 3.05) is 0 Å². The van der Waals surface area contributed by atoms with E-state index in [-0.39, 0.29) is 6.10 Å². The summed E-state index contributed by atoms with van der Waals surface area (Å²) in [6, 6.07) is 2.00. The van der Waals surface area contributed by atoms with E-state index >= 15 is 0 Å². The third-order valence-corrected chi connectivity index (χ3v) is 4.41. The summed E-state index contributed by atoms with van der Waals surface area (Å²) in [7, 11) is -2.54. The third-order valence-electron chi connectivity index (χ3n) is 1.99. The van der Waals surface area contributed by atoms with Gasteiger partial charge in [0.1, 0.15) is 25.0 Å². The van der Waals surface area contributed by atoms with Gasteiger partial charge in [-0.25, -0.2) is 4.98 Å². The number of thiol groups is 1. The first-order valence-corrected chi connectivity index (χ1v) is 7.78. The maximum absolute atomic E-state index is 5.60. The van der Waals surface area contributed by atoms with Crippen molar-refractivity contribution >= 4 is 19.4 Å². The molecule has 1 aliphatic rings. The van der Waals surface area contributed by atoms with Crippen molar-refractivity contribution in [1.29, 1.82) is 0 Å². The van der Waals surface area contributed by atoms with Crippen LogP contribution in [0.25, 0.3) is 0 Å². The van der Waals surface area contributed by atoms with E-state index in [2.05, 4.69) is 17.2 Å².